The van der Waals surface area contributed by atoms with Crippen molar-refractivity contribution in [3.05, 3.63) is 29.3 Å². The smallest absolute Gasteiger partial charge is 0.119 e. The van der Waals surface area contributed by atoms with Gasteiger partial charge in [0.05, 0.1) is 13.2 Å². The van der Waals surface area contributed by atoms with Gasteiger partial charge in [0.15, 0.2) is 0 Å². The third kappa shape index (κ3) is 3.71. The molecule has 0 radical (unpaired) electrons. The van der Waals surface area contributed by atoms with Crippen LogP contribution < -0.4 is 4.74 Å². The van der Waals surface area contributed by atoms with E-state index in [0.717, 1.165) is 36.4 Å². The summed E-state index contributed by atoms with van der Waals surface area (Å²) >= 11 is 0. The number of methoxy groups -OCH3 is 1. The van der Waals surface area contributed by atoms with E-state index in [1.54, 1.807) is 7.11 Å². The molecule has 1 heterocycles. The van der Waals surface area contributed by atoms with Crippen LogP contribution in [0, 0.1) is 11.8 Å². The summed E-state index contributed by atoms with van der Waals surface area (Å²) in [7, 11) is 1.64. The lowest BCUT2D eigenvalue weighted by molar-refractivity contribution is 0.174. The van der Waals surface area contributed by atoms with Crippen LogP contribution in [0.3, 0.4) is 0 Å². The molecule has 2 rings (SSSR count). The van der Waals surface area contributed by atoms with Crippen LogP contribution in [0.25, 0.3) is 0 Å². The molecule has 1 aromatic carbocycles. The first-order valence-corrected chi connectivity index (χ1v) is 6.40. The van der Waals surface area contributed by atoms with Crippen molar-refractivity contribution >= 4 is 0 Å². The molecule has 0 saturated carbocycles. The lowest BCUT2D eigenvalue weighted by Gasteiger charge is -2.16. The van der Waals surface area contributed by atoms with Crippen LogP contribution in [0.4, 0.5) is 0 Å². The zero-order valence-electron chi connectivity index (χ0n) is 11.1. The molecule has 1 aromatic rings. The van der Waals surface area contributed by atoms with Crippen molar-refractivity contribution in [3.8, 4) is 17.6 Å². The van der Waals surface area contributed by atoms with E-state index >= 15 is 0 Å². The minimum absolute atomic E-state index is 0.145. The van der Waals surface area contributed by atoms with Crippen molar-refractivity contribution < 1.29 is 14.9 Å². The van der Waals surface area contributed by atoms with E-state index in [1.807, 2.05) is 18.2 Å². The fraction of sp³-hybridized carbons (Fsp3) is 0.467. The number of likely N-dealkylation sites (tertiary alicyclic amines) is 1. The van der Waals surface area contributed by atoms with E-state index in [4.69, 9.17) is 9.84 Å². The van der Waals surface area contributed by atoms with Gasteiger partial charge in [0.2, 0.25) is 0 Å². The van der Waals surface area contributed by atoms with Crippen LogP contribution >= 0.6 is 0 Å². The third-order valence-electron chi connectivity index (χ3n) is 3.26. The zero-order chi connectivity index (χ0) is 13.7. The van der Waals surface area contributed by atoms with Crippen LogP contribution in [0.1, 0.15) is 17.5 Å². The predicted octanol–water partition coefficient (Wildman–Crippen LogP) is 0.606. The highest BCUT2D eigenvalue weighted by atomic mass is 16.5. The van der Waals surface area contributed by atoms with Gasteiger partial charge in [-0.05, 0) is 30.2 Å². The molecular weight excluding hydrogens is 242 g/mol. The quantitative estimate of drug-likeness (QED) is 0.783. The van der Waals surface area contributed by atoms with Crippen molar-refractivity contribution in [1.29, 1.82) is 0 Å². The summed E-state index contributed by atoms with van der Waals surface area (Å²) < 4.78 is 5.23. The van der Waals surface area contributed by atoms with E-state index < -0.39 is 0 Å². The van der Waals surface area contributed by atoms with E-state index in [0.29, 0.717) is 6.54 Å². The average Bonchev–Trinajstić information content (AvgIpc) is 2.82. The van der Waals surface area contributed by atoms with Gasteiger partial charge in [-0.15, -0.1) is 0 Å². The summed E-state index contributed by atoms with van der Waals surface area (Å²) in [6, 6.07) is 5.74. The predicted molar refractivity (Wildman–Crippen MR) is 72.9 cm³/mol. The number of aliphatic hydroxyl groups excluding tert-OH is 2. The monoisotopic (exact) mass is 261 g/mol. The number of hydrogen-bond donors (Lipinski definition) is 2. The molecule has 1 aliphatic heterocycles. The number of rotatable bonds is 3. The summed E-state index contributed by atoms with van der Waals surface area (Å²) in [5.41, 5.74) is 1.96. The maximum absolute atomic E-state index is 9.56. The van der Waals surface area contributed by atoms with Crippen molar-refractivity contribution in [1.82, 2.24) is 4.90 Å². The first-order chi connectivity index (χ1) is 9.22. The van der Waals surface area contributed by atoms with Gasteiger partial charge in [-0.3, -0.25) is 4.90 Å². The Bertz CT molecular complexity index is 490. The minimum atomic E-state index is -0.224. The molecule has 1 aliphatic rings. The summed E-state index contributed by atoms with van der Waals surface area (Å²) in [6.07, 6.45) is 0.597. The molecule has 4 heteroatoms. The van der Waals surface area contributed by atoms with Gasteiger partial charge in [0.25, 0.3) is 0 Å². The van der Waals surface area contributed by atoms with E-state index in [1.165, 1.54) is 0 Å². The largest absolute Gasteiger partial charge is 0.497 e. The van der Waals surface area contributed by atoms with Crippen molar-refractivity contribution in [2.45, 2.75) is 19.1 Å². The fourth-order valence-corrected chi connectivity index (χ4v) is 2.28. The molecule has 102 valence electrons. The van der Waals surface area contributed by atoms with Crippen LogP contribution in [0.2, 0.25) is 0 Å². The Labute approximate surface area is 113 Å². The molecule has 1 saturated heterocycles. The first-order valence-electron chi connectivity index (χ1n) is 6.40. The fourth-order valence-electron chi connectivity index (χ4n) is 2.28. The van der Waals surface area contributed by atoms with Crippen LogP contribution in [0.15, 0.2) is 18.2 Å². The van der Waals surface area contributed by atoms with E-state index in [9.17, 15) is 5.11 Å². The zero-order valence-corrected chi connectivity index (χ0v) is 11.1. The second-order valence-corrected chi connectivity index (χ2v) is 4.66. The second kappa shape index (κ2) is 6.58. The van der Waals surface area contributed by atoms with Crippen LogP contribution in [-0.4, -0.2) is 48.0 Å². The Morgan fingerprint density at radius 1 is 1.47 bits per heavy atom. The summed E-state index contributed by atoms with van der Waals surface area (Å²) in [5.74, 6) is 6.42. The molecule has 1 unspecified atom stereocenters. The lowest BCUT2D eigenvalue weighted by atomic mass is 10.1. The Morgan fingerprint density at radius 2 is 2.32 bits per heavy atom. The topological polar surface area (TPSA) is 52.9 Å². The molecule has 0 spiro atoms. The van der Waals surface area contributed by atoms with Crippen molar-refractivity contribution in [2.24, 2.45) is 0 Å². The molecule has 0 aliphatic carbocycles. The van der Waals surface area contributed by atoms with Gasteiger partial charge in [0, 0.05) is 25.2 Å². The number of β-amino-alcohol motifs (C(OH)–C–C–N with tert-alkyl or cyclic N) is 1. The molecule has 1 atom stereocenters. The molecule has 0 aromatic heterocycles. The van der Waals surface area contributed by atoms with Crippen LogP contribution in [0.5, 0.6) is 5.75 Å². The third-order valence-corrected chi connectivity index (χ3v) is 3.26. The number of hydrogen-bond acceptors (Lipinski definition) is 4. The van der Waals surface area contributed by atoms with E-state index in [2.05, 4.69) is 16.7 Å². The maximum Gasteiger partial charge on any atom is 0.119 e. The van der Waals surface area contributed by atoms with Gasteiger partial charge in [0.1, 0.15) is 12.4 Å². The summed E-state index contributed by atoms with van der Waals surface area (Å²) in [4.78, 5) is 2.20. The van der Waals surface area contributed by atoms with Crippen molar-refractivity contribution in [2.75, 3.05) is 26.8 Å². The van der Waals surface area contributed by atoms with Gasteiger partial charge in [-0.25, -0.2) is 0 Å². The first kappa shape index (κ1) is 13.9. The highest BCUT2D eigenvalue weighted by Crippen LogP contribution is 2.21. The van der Waals surface area contributed by atoms with E-state index in [-0.39, 0.29) is 12.7 Å². The normalized spacial score (nSPS) is 19.0. The maximum atomic E-state index is 9.56. The van der Waals surface area contributed by atoms with Crippen LogP contribution in [-0.2, 0) is 6.54 Å². The highest BCUT2D eigenvalue weighted by Gasteiger charge is 2.20. The van der Waals surface area contributed by atoms with Gasteiger partial charge in [-0.2, -0.15) is 0 Å². The SMILES string of the molecule is COc1ccc(C#CCO)c(CN2CCC(O)C2)c1. The van der Waals surface area contributed by atoms with Gasteiger partial charge >= 0.3 is 0 Å². The number of ether oxygens (including phenoxy) is 1. The Hall–Kier alpha value is -1.54. The Kier molecular flexibility index (Phi) is 4.80. The highest BCUT2D eigenvalue weighted by molar-refractivity contribution is 5.45. The van der Waals surface area contributed by atoms with Crippen molar-refractivity contribution in [3.63, 3.8) is 0 Å². The summed E-state index contributed by atoms with van der Waals surface area (Å²) in [6.45, 7) is 2.19. The summed E-state index contributed by atoms with van der Waals surface area (Å²) in [5, 5.41) is 18.4. The lowest BCUT2D eigenvalue weighted by Crippen LogP contribution is -2.22. The molecule has 1 fully saturated rings. The standard InChI is InChI=1S/C15H19NO3/c1-19-15-5-4-12(3-2-8-17)13(9-15)10-16-7-6-14(18)11-16/h4-5,9,14,17-18H,6-8,10-11H2,1H3. The minimum Gasteiger partial charge on any atom is -0.497 e. The van der Waals surface area contributed by atoms with Gasteiger partial charge < -0.3 is 14.9 Å². The Morgan fingerprint density at radius 3 is 2.95 bits per heavy atom. The molecule has 4 nitrogen and oxygen atoms in total. The molecule has 19 heavy (non-hydrogen) atoms. The molecule has 0 amide bonds. The molecule has 0 bridgehead atoms. The average molecular weight is 261 g/mol. The second-order valence-electron chi connectivity index (χ2n) is 4.66. The van der Waals surface area contributed by atoms with Gasteiger partial charge in [-0.1, -0.05) is 11.8 Å². The molecular formula is C15H19NO3. The Balaban J connectivity index is 2.19. The number of aliphatic hydroxyl groups is 2. The number of nitrogens with zero attached hydrogens (tertiary/aromatic N) is 1. The number of benzene rings is 1. The molecule has 2 N–H and O–H groups in total.